The third-order valence-electron chi connectivity index (χ3n) is 1.63. The zero-order valence-corrected chi connectivity index (χ0v) is 7.65. The van der Waals surface area contributed by atoms with Crippen LogP contribution in [0.15, 0.2) is 24.3 Å². The number of benzene rings is 1. The summed E-state index contributed by atoms with van der Waals surface area (Å²) in [5, 5.41) is 16.4. The number of ether oxygens (including phenoxy) is 1. The highest BCUT2D eigenvalue weighted by Gasteiger charge is 2.02. The third-order valence-corrected chi connectivity index (χ3v) is 1.63. The molecule has 0 amide bonds. The topological polar surface area (TPSA) is 69.4 Å². The lowest BCUT2D eigenvalue weighted by atomic mass is 10.2. The van der Waals surface area contributed by atoms with Gasteiger partial charge < -0.3 is 14.9 Å². The van der Waals surface area contributed by atoms with Gasteiger partial charge in [-0.05, 0) is 17.7 Å². The van der Waals surface area contributed by atoms with E-state index < -0.39 is 5.97 Å². The Morgan fingerprint density at radius 2 is 2.29 bits per heavy atom. The van der Waals surface area contributed by atoms with Gasteiger partial charge in [-0.3, -0.25) is 0 Å². The van der Waals surface area contributed by atoms with Gasteiger partial charge in [0.05, 0.1) is 7.11 Å². The van der Waals surface area contributed by atoms with E-state index in [2.05, 4.69) is 4.74 Å². The van der Waals surface area contributed by atoms with Crippen molar-refractivity contribution in [2.75, 3.05) is 7.11 Å². The number of esters is 1. The van der Waals surface area contributed by atoms with Gasteiger partial charge in [-0.1, -0.05) is 6.07 Å². The van der Waals surface area contributed by atoms with E-state index in [1.807, 2.05) is 0 Å². The van der Waals surface area contributed by atoms with Crippen molar-refractivity contribution in [2.24, 2.45) is 0 Å². The number of carbonyl (C=O) groups excluding carboxylic acids is 1. The molecule has 0 unspecified atom stereocenters. The zero-order valence-electron chi connectivity index (χ0n) is 7.65. The molecule has 0 saturated carbocycles. The quantitative estimate of drug-likeness (QED) is 0.435. The summed E-state index contributed by atoms with van der Waals surface area (Å²) in [5.41, 5.74) is 0.665. The van der Waals surface area contributed by atoms with Crippen LogP contribution in [0.4, 0.5) is 0 Å². The molecule has 1 aromatic carbocycles. The second-order valence-electron chi connectivity index (χ2n) is 2.63. The first-order chi connectivity index (χ1) is 6.63. The standard InChI is InChI=1S/C10H10O4/c1-14-10(13)5-3-7-2-4-8(11)9(12)6-7/h2-6,11-12H,1H3/p+1/b5-3+. The maximum Gasteiger partial charge on any atom is 0.330 e. The van der Waals surface area contributed by atoms with Crippen molar-refractivity contribution in [3.63, 3.8) is 0 Å². The number of rotatable bonds is 2. The van der Waals surface area contributed by atoms with Crippen LogP contribution in [-0.2, 0) is 9.53 Å². The van der Waals surface area contributed by atoms with Crippen molar-refractivity contribution in [3.05, 3.63) is 29.8 Å². The van der Waals surface area contributed by atoms with Crippen molar-refractivity contribution < 1.29 is 19.7 Å². The van der Waals surface area contributed by atoms with Gasteiger partial charge in [0.2, 0.25) is 5.75 Å². The average molecular weight is 195 g/mol. The first kappa shape index (κ1) is 10.1. The van der Waals surface area contributed by atoms with Gasteiger partial charge in [-0.2, -0.15) is 0 Å². The molecule has 14 heavy (non-hydrogen) atoms. The molecule has 0 aliphatic rings. The monoisotopic (exact) mass is 195 g/mol. The normalized spacial score (nSPS) is 10.4. The van der Waals surface area contributed by atoms with Gasteiger partial charge in [-0.25, -0.2) is 4.79 Å². The Bertz CT molecular complexity index is 368. The molecule has 1 rings (SSSR count). The highest BCUT2D eigenvalue weighted by molar-refractivity contribution is 5.87. The number of hydrogen-bond acceptors (Lipinski definition) is 3. The highest BCUT2D eigenvalue weighted by atomic mass is 16.5. The van der Waals surface area contributed by atoms with Gasteiger partial charge in [-0.15, -0.1) is 0 Å². The van der Waals surface area contributed by atoms with Crippen molar-refractivity contribution in [1.29, 1.82) is 0 Å². The lowest BCUT2D eigenvalue weighted by Gasteiger charge is -1.95. The largest absolute Gasteiger partial charge is 0.591 e. The minimum Gasteiger partial charge on any atom is -0.591 e. The van der Waals surface area contributed by atoms with Crippen LogP contribution in [0.2, 0.25) is 0 Å². The minimum absolute atomic E-state index is 0.0250. The third kappa shape index (κ3) is 2.52. The second-order valence-corrected chi connectivity index (χ2v) is 2.63. The summed E-state index contributed by atoms with van der Waals surface area (Å²) in [6.07, 6.45) is 2.77. The Morgan fingerprint density at radius 1 is 1.57 bits per heavy atom. The Kier molecular flexibility index (Phi) is 3.12. The first-order valence-corrected chi connectivity index (χ1v) is 3.94. The molecule has 4 heteroatoms. The SMILES string of the molecule is COC(=O)/C=C/c1ccc(O)c([OH2+])c1. The molecule has 0 heterocycles. The van der Waals surface area contributed by atoms with E-state index in [0.717, 1.165) is 0 Å². The number of hydrogen-bond donors (Lipinski definition) is 1. The molecule has 0 spiro atoms. The molecule has 3 N–H and O–H groups in total. The molecule has 1 aromatic rings. The summed E-state index contributed by atoms with van der Waals surface area (Å²) in [5.74, 6) is -0.512. The van der Waals surface area contributed by atoms with Crippen LogP contribution in [0, 0.1) is 0 Å². The fourth-order valence-electron chi connectivity index (χ4n) is 0.890. The van der Waals surface area contributed by atoms with E-state index in [9.17, 15) is 4.79 Å². The molecule has 4 nitrogen and oxygen atoms in total. The van der Waals surface area contributed by atoms with Gasteiger partial charge >= 0.3 is 5.97 Å². The van der Waals surface area contributed by atoms with E-state index in [0.29, 0.717) is 5.56 Å². The minimum atomic E-state index is -0.454. The first-order valence-electron chi connectivity index (χ1n) is 3.94. The number of phenolic OH excluding ortho intramolecular Hbond substituents is 1. The highest BCUT2D eigenvalue weighted by Crippen LogP contribution is 2.25. The molecular formula is C10H11O4+. The summed E-state index contributed by atoms with van der Waals surface area (Å²) in [4.78, 5) is 10.7. The zero-order chi connectivity index (χ0) is 10.6. The Balaban J connectivity index is 2.83. The van der Waals surface area contributed by atoms with Crippen LogP contribution >= 0.6 is 0 Å². The van der Waals surface area contributed by atoms with Crippen molar-refractivity contribution >= 4 is 12.0 Å². The van der Waals surface area contributed by atoms with E-state index in [1.54, 1.807) is 6.07 Å². The van der Waals surface area contributed by atoms with Gasteiger partial charge in [0.15, 0.2) is 0 Å². The second kappa shape index (κ2) is 4.32. The lowest BCUT2D eigenvalue weighted by Crippen LogP contribution is -1.93. The fraction of sp³-hybridized carbons (Fsp3) is 0.100. The number of phenols is 1. The van der Waals surface area contributed by atoms with Crippen molar-refractivity contribution in [1.82, 2.24) is 0 Å². The van der Waals surface area contributed by atoms with E-state index in [4.69, 9.17) is 10.2 Å². The Labute approximate surface area is 81.1 Å². The molecule has 74 valence electrons. The number of aromatic hydroxyl groups is 1. The fourth-order valence-corrected chi connectivity index (χ4v) is 0.890. The van der Waals surface area contributed by atoms with Crippen LogP contribution < -0.4 is 0 Å². The molecule has 0 fully saturated rings. The smallest absolute Gasteiger partial charge is 0.330 e. The maximum absolute atomic E-state index is 10.7. The summed E-state index contributed by atoms with van der Waals surface area (Å²) in [6, 6.07) is 4.46. The molecule has 0 saturated heterocycles. The van der Waals surface area contributed by atoms with Crippen molar-refractivity contribution in [3.8, 4) is 11.5 Å². The van der Waals surface area contributed by atoms with Crippen LogP contribution in [0.25, 0.3) is 6.08 Å². The van der Waals surface area contributed by atoms with Crippen LogP contribution in [0.5, 0.6) is 11.5 Å². The number of carbonyl (C=O) groups is 1. The molecule has 0 aliphatic carbocycles. The molecule has 0 atom stereocenters. The van der Waals surface area contributed by atoms with E-state index >= 15 is 0 Å². The van der Waals surface area contributed by atoms with Gasteiger partial charge in [0.1, 0.15) is 0 Å². The number of methoxy groups -OCH3 is 1. The van der Waals surface area contributed by atoms with E-state index in [-0.39, 0.29) is 11.5 Å². The molecule has 0 bridgehead atoms. The van der Waals surface area contributed by atoms with Crippen LogP contribution in [-0.4, -0.2) is 23.3 Å². The predicted octanol–water partition coefficient (Wildman–Crippen LogP) is 1.02. The van der Waals surface area contributed by atoms with Crippen molar-refractivity contribution in [2.45, 2.75) is 0 Å². The molecule has 0 aromatic heterocycles. The lowest BCUT2D eigenvalue weighted by molar-refractivity contribution is -0.134. The predicted molar refractivity (Wildman–Crippen MR) is 52.2 cm³/mol. The molecule has 0 aliphatic heterocycles. The summed E-state index contributed by atoms with van der Waals surface area (Å²) < 4.78 is 4.40. The Morgan fingerprint density at radius 3 is 2.86 bits per heavy atom. The van der Waals surface area contributed by atoms with E-state index in [1.165, 1.54) is 31.4 Å². The maximum atomic E-state index is 10.7. The molecule has 0 radical (unpaired) electrons. The summed E-state index contributed by atoms with van der Waals surface area (Å²) in [6.45, 7) is 0. The summed E-state index contributed by atoms with van der Waals surface area (Å²) in [7, 11) is 1.29. The molecular weight excluding hydrogens is 184 g/mol. The van der Waals surface area contributed by atoms with Crippen LogP contribution in [0.3, 0.4) is 0 Å². The average Bonchev–Trinajstić information content (AvgIpc) is 2.19. The van der Waals surface area contributed by atoms with Crippen LogP contribution in [0.1, 0.15) is 5.56 Å². The Hall–Kier alpha value is -1.97. The van der Waals surface area contributed by atoms with Gasteiger partial charge in [0.25, 0.3) is 5.75 Å². The summed E-state index contributed by atoms with van der Waals surface area (Å²) >= 11 is 0. The van der Waals surface area contributed by atoms with Gasteiger partial charge in [0, 0.05) is 12.1 Å².